The first-order valence-electron chi connectivity index (χ1n) is 7.30. The van der Waals surface area contributed by atoms with Crippen LogP contribution < -0.4 is 11.1 Å². The van der Waals surface area contributed by atoms with Crippen LogP contribution in [0.2, 0.25) is 5.02 Å². The number of aryl methyl sites for hydroxylation is 1. The van der Waals surface area contributed by atoms with Gasteiger partial charge < -0.3 is 11.1 Å². The number of halogens is 4. The molecule has 0 spiro atoms. The second-order valence-corrected chi connectivity index (χ2v) is 6.15. The van der Waals surface area contributed by atoms with Gasteiger partial charge in [0.1, 0.15) is 17.5 Å². The van der Waals surface area contributed by atoms with Crippen molar-refractivity contribution in [2.75, 3.05) is 5.32 Å². The summed E-state index contributed by atoms with van der Waals surface area (Å²) in [5, 5.41) is 3.63. The van der Waals surface area contributed by atoms with E-state index < -0.39 is 0 Å². The summed E-state index contributed by atoms with van der Waals surface area (Å²) in [4.78, 5) is 8.88. The quantitative estimate of drug-likeness (QED) is 0.815. The second kappa shape index (κ2) is 8.81. The molecule has 0 saturated heterocycles. The molecular weight excluding hydrogens is 374 g/mol. The Labute approximate surface area is 158 Å². The maximum Gasteiger partial charge on any atom is 0.130 e. The predicted molar refractivity (Wildman–Crippen MR) is 100.0 cm³/mol. The molecular formula is C16H20Cl3FN4. The van der Waals surface area contributed by atoms with Crippen molar-refractivity contribution >= 4 is 42.2 Å². The third-order valence-electron chi connectivity index (χ3n) is 3.93. The van der Waals surface area contributed by atoms with Crippen LogP contribution in [-0.4, -0.2) is 16.0 Å². The fourth-order valence-electron chi connectivity index (χ4n) is 2.64. The van der Waals surface area contributed by atoms with Gasteiger partial charge in [-0.3, -0.25) is 0 Å². The normalized spacial score (nSPS) is 18.8. The highest BCUT2D eigenvalue weighted by atomic mass is 35.5. The van der Waals surface area contributed by atoms with Crippen LogP contribution >= 0.6 is 36.4 Å². The predicted octanol–water partition coefficient (Wildman–Crippen LogP) is 4.24. The summed E-state index contributed by atoms with van der Waals surface area (Å²) >= 11 is 6.03. The average molecular weight is 394 g/mol. The van der Waals surface area contributed by atoms with E-state index in [1.165, 1.54) is 12.1 Å². The zero-order chi connectivity index (χ0) is 15.7. The molecule has 0 aliphatic heterocycles. The third kappa shape index (κ3) is 4.93. The molecule has 0 bridgehead atoms. The Bertz CT molecular complexity index is 693. The Morgan fingerprint density at radius 2 is 1.96 bits per heavy atom. The van der Waals surface area contributed by atoms with Crippen LogP contribution in [0.25, 0.3) is 0 Å². The fraction of sp³-hybridized carbons (Fsp3) is 0.375. The van der Waals surface area contributed by atoms with Crippen molar-refractivity contribution in [1.29, 1.82) is 0 Å². The molecule has 24 heavy (non-hydrogen) atoms. The highest BCUT2D eigenvalue weighted by Crippen LogP contribution is 2.35. The number of hydrogen-bond donors (Lipinski definition) is 2. The van der Waals surface area contributed by atoms with E-state index in [9.17, 15) is 4.39 Å². The van der Waals surface area contributed by atoms with Crippen LogP contribution in [0.15, 0.2) is 24.3 Å². The van der Waals surface area contributed by atoms with Gasteiger partial charge >= 0.3 is 0 Å². The molecule has 4 nitrogen and oxygen atoms in total. The van der Waals surface area contributed by atoms with E-state index in [1.54, 1.807) is 6.07 Å². The molecule has 1 aromatic carbocycles. The number of rotatable bonds is 4. The van der Waals surface area contributed by atoms with Gasteiger partial charge in [0.05, 0.1) is 0 Å². The summed E-state index contributed by atoms with van der Waals surface area (Å²) in [6.45, 7) is 2.36. The second-order valence-electron chi connectivity index (χ2n) is 5.74. The molecule has 3 rings (SSSR count). The molecule has 1 heterocycles. The molecule has 0 unspecified atom stereocenters. The average Bonchev–Trinajstić information content (AvgIpc) is 2.42. The Kier molecular flexibility index (Phi) is 7.67. The van der Waals surface area contributed by atoms with Crippen molar-refractivity contribution in [2.45, 2.75) is 38.3 Å². The molecule has 132 valence electrons. The first-order valence-corrected chi connectivity index (χ1v) is 7.68. The van der Waals surface area contributed by atoms with Gasteiger partial charge in [0, 0.05) is 35.3 Å². The lowest BCUT2D eigenvalue weighted by Crippen LogP contribution is -2.35. The van der Waals surface area contributed by atoms with E-state index in [2.05, 4.69) is 15.3 Å². The van der Waals surface area contributed by atoms with E-state index in [0.717, 1.165) is 35.7 Å². The van der Waals surface area contributed by atoms with Crippen molar-refractivity contribution in [3.63, 3.8) is 0 Å². The topological polar surface area (TPSA) is 63.8 Å². The van der Waals surface area contributed by atoms with E-state index >= 15 is 0 Å². The van der Waals surface area contributed by atoms with Crippen LogP contribution in [0, 0.1) is 12.7 Å². The molecule has 1 aliphatic rings. The van der Waals surface area contributed by atoms with Crippen molar-refractivity contribution in [1.82, 2.24) is 9.97 Å². The first kappa shape index (κ1) is 20.9. The molecule has 3 N–H and O–H groups in total. The summed E-state index contributed by atoms with van der Waals surface area (Å²) in [6, 6.07) is 6.63. The van der Waals surface area contributed by atoms with Crippen LogP contribution in [0.1, 0.15) is 35.8 Å². The number of aromatic nitrogens is 2. The van der Waals surface area contributed by atoms with Crippen molar-refractivity contribution in [3.05, 3.63) is 52.2 Å². The lowest BCUT2D eigenvalue weighted by Gasteiger charge is -2.32. The van der Waals surface area contributed by atoms with Gasteiger partial charge in [-0.1, -0.05) is 17.7 Å². The lowest BCUT2D eigenvalue weighted by molar-refractivity contribution is 0.344. The van der Waals surface area contributed by atoms with Crippen molar-refractivity contribution in [2.24, 2.45) is 5.73 Å². The minimum Gasteiger partial charge on any atom is -0.366 e. The zero-order valence-corrected chi connectivity index (χ0v) is 15.5. The highest BCUT2D eigenvalue weighted by Gasteiger charge is 2.28. The van der Waals surface area contributed by atoms with Crippen LogP contribution in [0.5, 0.6) is 0 Å². The van der Waals surface area contributed by atoms with Gasteiger partial charge in [-0.25, -0.2) is 14.4 Å². The van der Waals surface area contributed by atoms with Gasteiger partial charge in [-0.05, 0) is 37.5 Å². The van der Waals surface area contributed by atoms with Crippen LogP contribution in [0.4, 0.5) is 10.2 Å². The number of nitrogens with two attached hydrogens (primary N) is 1. The van der Waals surface area contributed by atoms with Gasteiger partial charge in [0.2, 0.25) is 0 Å². The summed E-state index contributed by atoms with van der Waals surface area (Å²) in [5.74, 6) is 1.57. The standard InChI is InChI=1S/C16H18ClFN4.2ClH/c1-9-21-15(11-4-13(19)5-11)7-16(22-9)20-8-10-2-3-12(18)6-14(10)17;;/h2-3,6-7,11,13H,4-5,8,19H2,1H3,(H,20,21,22);2*1H. The lowest BCUT2D eigenvalue weighted by atomic mass is 9.78. The summed E-state index contributed by atoms with van der Waals surface area (Å²) in [5.41, 5.74) is 7.70. The molecule has 8 heteroatoms. The van der Waals surface area contributed by atoms with E-state index in [-0.39, 0.29) is 36.7 Å². The monoisotopic (exact) mass is 392 g/mol. The molecule has 1 aliphatic carbocycles. The van der Waals surface area contributed by atoms with Gasteiger partial charge in [-0.15, -0.1) is 24.8 Å². The Morgan fingerprint density at radius 3 is 2.58 bits per heavy atom. The maximum absolute atomic E-state index is 13.0. The molecule has 0 amide bonds. The maximum atomic E-state index is 13.0. The number of nitrogens with zero attached hydrogens (tertiary/aromatic N) is 2. The van der Waals surface area contributed by atoms with Crippen molar-refractivity contribution in [3.8, 4) is 0 Å². The van der Waals surface area contributed by atoms with E-state index in [1.807, 2.05) is 13.0 Å². The SMILES string of the molecule is Cc1nc(NCc2ccc(F)cc2Cl)cc(C2CC(N)C2)n1.Cl.Cl. The van der Waals surface area contributed by atoms with Gasteiger partial charge in [-0.2, -0.15) is 0 Å². The summed E-state index contributed by atoms with van der Waals surface area (Å²) < 4.78 is 13.0. The number of hydrogen-bond acceptors (Lipinski definition) is 4. The zero-order valence-electron chi connectivity index (χ0n) is 13.1. The molecule has 1 saturated carbocycles. The van der Waals surface area contributed by atoms with Gasteiger partial charge in [0.15, 0.2) is 0 Å². The molecule has 1 fully saturated rings. The van der Waals surface area contributed by atoms with E-state index in [0.29, 0.717) is 17.5 Å². The van der Waals surface area contributed by atoms with Gasteiger partial charge in [0.25, 0.3) is 0 Å². The van der Waals surface area contributed by atoms with Crippen molar-refractivity contribution < 1.29 is 4.39 Å². The highest BCUT2D eigenvalue weighted by molar-refractivity contribution is 6.31. The molecule has 1 aromatic heterocycles. The number of benzene rings is 1. The first-order chi connectivity index (χ1) is 10.5. The Morgan fingerprint density at radius 1 is 1.25 bits per heavy atom. The van der Waals surface area contributed by atoms with Crippen LogP contribution in [-0.2, 0) is 6.54 Å². The number of nitrogens with one attached hydrogen (secondary N) is 1. The molecule has 2 aromatic rings. The Balaban J connectivity index is 0.00000144. The fourth-order valence-corrected chi connectivity index (χ4v) is 2.88. The molecule has 0 atom stereocenters. The third-order valence-corrected chi connectivity index (χ3v) is 4.28. The van der Waals surface area contributed by atoms with Crippen LogP contribution in [0.3, 0.4) is 0 Å². The molecule has 0 radical (unpaired) electrons. The Hall–Kier alpha value is -1.14. The van der Waals surface area contributed by atoms with E-state index in [4.69, 9.17) is 17.3 Å². The smallest absolute Gasteiger partial charge is 0.130 e. The largest absolute Gasteiger partial charge is 0.366 e. The number of anilines is 1. The minimum atomic E-state index is -0.338. The summed E-state index contributed by atoms with van der Waals surface area (Å²) in [7, 11) is 0. The summed E-state index contributed by atoms with van der Waals surface area (Å²) in [6.07, 6.45) is 1.94. The minimum absolute atomic E-state index is 0.